The molecule has 2 heterocycles. The molecule has 36 heavy (non-hydrogen) atoms. The highest BCUT2D eigenvalue weighted by Gasteiger charge is 2.42. The maximum atomic E-state index is 13.6. The fourth-order valence-electron chi connectivity index (χ4n) is 3.89. The standard InChI is InChI=1S/C25H30BN3O7/c1-16(2)11-19(26-35-23(31)15-34-17(3)25(33)36-26)13-22(30)20(12-18-7-5-4-6-8-18)29-24(32)21-14-27-9-10-28-21/h4-10,14,16-17,19-20H,11-13,15H2,1-3H3,(H,29,32)/t17-,19-,20+/m1/s1. The number of hydrogen-bond donors (Lipinski definition) is 1. The van der Waals surface area contributed by atoms with Crippen LogP contribution in [0.2, 0.25) is 5.82 Å². The second-order valence-electron chi connectivity index (χ2n) is 9.11. The van der Waals surface area contributed by atoms with Gasteiger partial charge in [-0.25, -0.2) is 4.98 Å². The molecule has 10 nitrogen and oxygen atoms in total. The molecule has 0 saturated carbocycles. The summed E-state index contributed by atoms with van der Waals surface area (Å²) in [5, 5.41) is 2.76. The molecule has 190 valence electrons. The molecule has 3 rings (SSSR count). The van der Waals surface area contributed by atoms with Crippen molar-refractivity contribution >= 4 is 30.7 Å². The Kier molecular flexibility index (Phi) is 9.69. The van der Waals surface area contributed by atoms with E-state index >= 15 is 0 Å². The number of aromatic nitrogens is 2. The van der Waals surface area contributed by atoms with Gasteiger partial charge in [0, 0.05) is 24.6 Å². The summed E-state index contributed by atoms with van der Waals surface area (Å²) < 4.78 is 15.9. The highest BCUT2D eigenvalue weighted by atomic mass is 16.7. The zero-order valence-corrected chi connectivity index (χ0v) is 20.6. The van der Waals surface area contributed by atoms with E-state index in [1.54, 1.807) is 0 Å². The van der Waals surface area contributed by atoms with Crippen molar-refractivity contribution < 1.29 is 33.2 Å². The number of rotatable bonds is 10. The van der Waals surface area contributed by atoms with Crippen molar-refractivity contribution in [2.45, 2.75) is 58.0 Å². The minimum absolute atomic E-state index is 0.0824. The van der Waals surface area contributed by atoms with Gasteiger partial charge < -0.3 is 19.4 Å². The van der Waals surface area contributed by atoms with Crippen molar-refractivity contribution in [1.29, 1.82) is 0 Å². The van der Waals surface area contributed by atoms with Gasteiger partial charge >= 0.3 is 19.1 Å². The van der Waals surface area contributed by atoms with Gasteiger partial charge in [-0.15, -0.1) is 0 Å². The van der Waals surface area contributed by atoms with Gasteiger partial charge in [-0.1, -0.05) is 44.2 Å². The van der Waals surface area contributed by atoms with Crippen LogP contribution >= 0.6 is 0 Å². The molecule has 1 aromatic carbocycles. The van der Waals surface area contributed by atoms with Crippen LogP contribution in [-0.2, 0) is 34.9 Å². The molecular formula is C25H30BN3O7. The lowest BCUT2D eigenvalue weighted by molar-refractivity contribution is -0.160. The third kappa shape index (κ3) is 7.98. The second-order valence-corrected chi connectivity index (χ2v) is 9.11. The fourth-order valence-corrected chi connectivity index (χ4v) is 3.89. The minimum Gasteiger partial charge on any atom is -0.497 e. The summed E-state index contributed by atoms with van der Waals surface area (Å²) in [4.78, 5) is 58.8. The van der Waals surface area contributed by atoms with Gasteiger partial charge in [-0.05, 0) is 31.2 Å². The number of benzene rings is 1. The lowest BCUT2D eigenvalue weighted by Crippen LogP contribution is -2.46. The molecule has 1 fully saturated rings. The van der Waals surface area contributed by atoms with Crippen molar-refractivity contribution in [3.63, 3.8) is 0 Å². The van der Waals surface area contributed by atoms with Gasteiger partial charge in [0.1, 0.15) is 12.3 Å². The first-order valence-corrected chi connectivity index (χ1v) is 11.9. The van der Waals surface area contributed by atoms with Gasteiger partial charge in [0.05, 0.1) is 12.2 Å². The second kappa shape index (κ2) is 12.9. The van der Waals surface area contributed by atoms with E-state index < -0.39 is 42.9 Å². The van der Waals surface area contributed by atoms with Crippen molar-refractivity contribution in [1.82, 2.24) is 15.3 Å². The molecule has 0 radical (unpaired) electrons. The van der Waals surface area contributed by atoms with Crippen LogP contribution in [0.4, 0.5) is 0 Å². The molecule has 1 N–H and O–H groups in total. The van der Waals surface area contributed by atoms with E-state index in [0.717, 1.165) is 5.56 Å². The summed E-state index contributed by atoms with van der Waals surface area (Å²) >= 11 is 0. The van der Waals surface area contributed by atoms with Crippen molar-refractivity contribution in [3.8, 4) is 0 Å². The SMILES string of the molecule is CC(C)C[C@H](CC(=O)[C@H](Cc1ccccc1)NC(=O)c1cnccn1)B1OC(=O)CO[C@H](C)C(=O)O1. The molecule has 11 heteroatoms. The Bertz CT molecular complexity index is 1050. The van der Waals surface area contributed by atoms with Gasteiger partial charge in [0.15, 0.2) is 11.9 Å². The molecule has 0 bridgehead atoms. The first-order valence-electron chi connectivity index (χ1n) is 11.9. The third-order valence-electron chi connectivity index (χ3n) is 5.66. The Morgan fingerprint density at radius 2 is 1.89 bits per heavy atom. The first kappa shape index (κ1) is 27.0. The molecule has 0 spiro atoms. The van der Waals surface area contributed by atoms with Crippen LogP contribution in [-0.4, -0.2) is 59.5 Å². The minimum atomic E-state index is -1.24. The van der Waals surface area contributed by atoms with Crippen LogP contribution in [0.15, 0.2) is 48.9 Å². The maximum absolute atomic E-state index is 13.6. The molecule has 1 aliphatic rings. The lowest BCUT2D eigenvalue weighted by Gasteiger charge is -2.28. The molecule has 0 unspecified atom stereocenters. The Labute approximate surface area is 210 Å². The number of Topliss-reactive ketones (excluding diaryl/α,β-unsaturated/α-hetero) is 1. The Morgan fingerprint density at radius 3 is 2.56 bits per heavy atom. The first-order chi connectivity index (χ1) is 17.2. The lowest BCUT2D eigenvalue weighted by atomic mass is 9.64. The van der Waals surface area contributed by atoms with Crippen molar-refractivity contribution in [2.75, 3.05) is 6.61 Å². The molecule has 1 aromatic heterocycles. The highest BCUT2D eigenvalue weighted by molar-refractivity contribution is 6.51. The van der Waals surface area contributed by atoms with E-state index in [1.165, 1.54) is 25.5 Å². The number of ketones is 1. The van der Waals surface area contributed by atoms with E-state index in [-0.39, 0.29) is 36.8 Å². The smallest absolute Gasteiger partial charge is 0.497 e. The van der Waals surface area contributed by atoms with E-state index in [4.69, 9.17) is 14.0 Å². The van der Waals surface area contributed by atoms with Gasteiger partial charge in [0.2, 0.25) is 0 Å². The average Bonchev–Trinajstić information content (AvgIpc) is 2.86. The summed E-state index contributed by atoms with van der Waals surface area (Å²) in [6.45, 7) is 5.00. The number of amides is 1. The molecule has 1 saturated heterocycles. The Morgan fingerprint density at radius 1 is 1.14 bits per heavy atom. The molecule has 0 aliphatic carbocycles. The number of nitrogens with zero attached hydrogens (tertiary/aromatic N) is 2. The Hall–Kier alpha value is -3.60. The van der Waals surface area contributed by atoms with E-state index in [2.05, 4.69) is 15.3 Å². The topological polar surface area (TPSA) is 134 Å². The number of carbonyl (C=O) groups is 4. The highest BCUT2D eigenvalue weighted by Crippen LogP contribution is 2.29. The van der Waals surface area contributed by atoms with Gasteiger partial charge in [-0.3, -0.25) is 24.2 Å². The van der Waals surface area contributed by atoms with Crippen LogP contribution < -0.4 is 5.32 Å². The predicted octanol–water partition coefficient (Wildman–Crippen LogP) is 2.19. The van der Waals surface area contributed by atoms with E-state index in [0.29, 0.717) is 6.42 Å². The number of carbonyl (C=O) groups excluding carboxylic acids is 4. The predicted molar refractivity (Wildman–Crippen MR) is 130 cm³/mol. The Balaban J connectivity index is 1.82. The maximum Gasteiger partial charge on any atom is 0.602 e. The van der Waals surface area contributed by atoms with Crippen LogP contribution in [0.5, 0.6) is 0 Å². The van der Waals surface area contributed by atoms with Crippen molar-refractivity contribution in [2.24, 2.45) is 5.92 Å². The molecule has 1 amide bonds. The summed E-state index contributed by atoms with van der Waals surface area (Å²) in [7, 11) is -1.24. The summed E-state index contributed by atoms with van der Waals surface area (Å²) in [6.07, 6.45) is 3.83. The zero-order valence-electron chi connectivity index (χ0n) is 20.6. The van der Waals surface area contributed by atoms with Gasteiger partial charge in [0.25, 0.3) is 5.91 Å². The molecular weight excluding hydrogens is 465 g/mol. The van der Waals surface area contributed by atoms with Crippen molar-refractivity contribution in [3.05, 3.63) is 60.2 Å². The monoisotopic (exact) mass is 495 g/mol. The summed E-state index contributed by atoms with van der Waals surface area (Å²) in [5.74, 6) is -2.68. The molecule has 3 atom stereocenters. The number of ether oxygens (including phenoxy) is 1. The van der Waals surface area contributed by atoms with E-state index in [9.17, 15) is 19.2 Å². The summed E-state index contributed by atoms with van der Waals surface area (Å²) in [6, 6.07) is 8.39. The summed E-state index contributed by atoms with van der Waals surface area (Å²) in [5.41, 5.74) is 0.935. The zero-order chi connectivity index (χ0) is 26.1. The fraction of sp³-hybridized carbons (Fsp3) is 0.440. The number of nitrogens with one attached hydrogen (secondary N) is 1. The largest absolute Gasteiger partial charge is 0.602 e. The molecule has 1 aliphatic heterocycles. The van der Waals surface area contributed by atoms with Crippen LogP contribution in [0.25, 0.3) is 0 Å². The average molecular weight is 495 g/mol. The van der Waals surface area contributed by atoms with Gasteiger partial charge in [-0.2, -0.15) is 0 Å². The van der Waals surface area contributed by atoms with Crippen LogP contribution in [0.3, 0.4) is 0 Å². The van der Waals surface area contributed by atoms with E-state index in [1.807, 2.05) is 44.2 Å². The number of hydrogen-bond acceptors (Lipinski definition) is 9. The molecule has 2 aromatic rings. The third-order valence-corrected chi connectivity index (χ3v) is 5.66. The van der Waals surface area contributed by atoms with Crippen LogP contribution in [0, 0.1) is 5.92 Å². The quantitative estimate of drug-likeness (QED) is 0.492. The normalized spacial score (nSPS) is 17.9. The van der Waals surface area contributed by atoms with Crippen LogP contribution in [0.1, 0.15) is 49.7 Å².